The van der Waals surface area contributed by atoms with E-state index in [1.165, 1.54) is 12.8 Å². The van der Waals surface area contributed by atoms with Crippen LogP contribution in [-0.4, -0.2) is 23.6 Å². The molecule has 1 aromatic rings. The van der Waals surface area contributed by atoms with E-state index < -0.39 is 0 Å². The number of nitrogens with zero attached hydrogens (tertiary/aromatic N) is 2. The maximum absolute atomic E-state index is 6.35. The van der Waals surface area contributed by atoms with Gasteiger partial charge in [-0.05, 0) is 45.2 Å². The lowest BCUT2D eigenvalue weighted by Crippen LogP contribution is -2.31. The quantitative estimate of drug-likeness (QED) is 0.858. The van der Waals surface area contributed by atoms with Crippen molar-refractivity contribution in [1.82, 2.24) is 10.3 Å². The molecule has 1 heterocycles. The fraction of sp³-hybridized carbons (Fsp3) is 0.643. The van der Waals surface area contributed by atoms with E-state index in [0.29, 0.717) is 12.1 Å². The van der Waals surface area contributed by atoms with Crippen LogP contribution < -0.4 is 10.2 Å². The maximum Gasteiger partial charge on any atom is 0.147 e. The predicted molar refractivity (Wildman–Crippen MR) is 77.3 cm³/mol. The molecular weight excluding hydrogens is 246 g/mol. The Labute approximate surface area is 115 Å². The van der Waals surface area contributed by atoms with Gasteiger partial charge in [-0.25, -0.2) is 4.98 Å². The van der Waals surface area contributed by atoms with Crippen molar-refractivity contribution >= 4 is 17.4 Å². The Morgan fingerprint density at radius 2 is 2.22 bits per heavy atom. The molecule has 0 aliphatic heterocycles. The van der Waals surface area contributed by atoms with Crippen LogP contribution in [0, 0.1) is 0 Å². The van der Waals surface area contributed by atoms with E-state index in [0.717, 1.165) is 29.5 Å². The molecule has 0 saturated heterocycles. The SMILES string of the molecule is CCN(c1ncc(CNC2CC2)cc1Cl)C(C)C. The zero-order chi connectivity index (χ0) is 13.1. The number of hydrogen-bond donors (Lipinski definition) is 1. The Morgan fingerprint density at radius 3 is 2.72 bits per heavy atom. The molecule has 0 aromatic carbocycles. The molecule has 1 aliphatic rings. The van der Waals surface area contributed by atoms with Crippen LogP contribution in [0.5, 0.6) is 0 Å². The number of pyridine rings is 1. The van der Waals surface area contributed by atoms with Crippen LogP contribution in [0.15, 0.2) is 12.3 Å². The van der Waals surface area contributed by atoms with Crippen molar-refractivity contribution in [2.45, 2.75) is 52.2 Å². The molecule has 18 heavy (non-hydrogen) atoms. The van der Waals surface area contributed by atoms with E-state index in [1.54, 1.807) is 0 Å². The van der Waals surface area contributed by atoms with Gasteiger partial charge in [-0.15, -0.1) is 0 Å². The van der Waals surface area contributed by atoms with Gasteiger partial charge in [0.25, 0.3) is 0 Å². The van der Waals surface area contributed by atoms with Crippen molar-refractivity contribution in [2.24, 2.45) is 0 Å². The van der Waals surface area contributed by atoms with Crippen LogP contribution >= 0.6 is 11.6 Å². The van der Waals surface area contributed by atoms with Gasteiger partial charge in [0.05, 0.1) is 5.02 Å². The highest BCUT2D eigenvalue weighted by Gasteiger charge is 2.20. The molecule has 0 spiro atoms. The Kier molecular flexibility index (Phi) is 4.46. The summed E-state index contributed by atoms with van der Waals surface area (Å²) in [6.45, 7) is 8.23. The molecule has 0 bridgehead atoms. The highest BCUT2D eigenvalue weighted by Crippen LogP contribution is 2.26. The normalized spacial score (nSPS) is 15.2. The van der Waals surface area contributed by atoms with Gasteiger partial charge in [-0.1, -0.05) is 11.6 Å². The van der Waals surface area contributed by atoms with E-state index in [-0.39, 0.29) is 0 Å². The summed E-state index contributed by atoms with van der Waals surface area (Å²) >= 11 is 6.35. The first-order valence-electron chi connectivity index (χ1n) is 6.76. The zero-order valence-electron chi connectivity index (χ0n) is 11.4. The summed E-state index contributed by atoms with van der Waals surface area (Å²) in [6, 6.07) is 3.16. The molecule has 1 N–H and O–H groups in total. The second kappa shape index (κ2) is 5.89. The van der Waals surface area contributed by atoms with Gasteiger partial charge < -0.3 is 10.2 Å². The van der Waals surface area contributed by atoms with E-state index in [2.05, 4.69) is 36.0 Å². The molecular formula is C14H22ClN3. The number of rotatable bonds is 6. The molecule has 2 rings (SSSR count). The van der Waals surface area contributed by atoms with Crippen molar-refractivity contribution < 1.29 is 0 Å². The van der Waals surface area contributed by atoms with Crippen LogP contribution in [0.25, 0.3) is 0 Å². The summed E-state index contributed by atoms with van der Waals surface area (Å²) in [6.07, 6.45) is 4.54. The molecule has 0 radical (unpaired) electrons. The first-order valence-corrected chi connectivity index (χ1v) is 7.14. The highest BCUT2D eigenvalue weighted by molar-refractivity contribution is 6.33. The maximum atomic E-state index is 6.35. The largest absolute Gasteiger partial charge is 0.353 e. The lowest BCUT2D eigenvalue weighted by atomic mass is 10.2. The molecule has 1 aromatic heterocycles. The van der Waals surface area contributed by atoms with Crippen LogP contribution in [0.1, 0.15) is 39.2 Å². The van der Waals surface area contributed by atoms with Gasteiger partial charge in [0.2, 0.25) is 0 Å². The Balaban J connectivity index is 2.07. The van der Waals surface area contributed by atoms with Gasteiger partial charge >= 0.3 is 0 Å². The summed E-state index contributed by atoms with van der Waals surface area (Å²) < 4.78 is 0. The molecule has 3 nitrogen and oxygen atoms in total. The third-order valence-corrected chi connectivity index (χ3v) is 3.56. The van der Waals surface area contributed by atoms with Crippen molar-refractivity contribution in [2.75, 3.05) is 11.4 Å². The minimum Gasteiger partial charge on any atom is -0.353 e. The lowest BCUT2D eigenvalue weighted by Gasteiger charge is -2.27. The summed E-state index contributed by atoms with van der Waals surface area (Å²) in [5.41, 5.74) is 1.16. The number of nitrogens with one attached hydrogen (secondary N) is 1. The monoisotopic (exact) mass is 267 g/mol. The van der Waals surface area contributed by atoms with Crippen LogP contribution in [0.2, 0.25) is 5.02 Å². The molecule has 100 valence electrons. The summed E-state index contributed by atoms with van der Waals surface area (Å²) in [5.74, 6) is 0.893. The Morgan fingerprint density at radius 1 is 1.50 bits per heavy atom. The standard InChI is InChI=1S/C14H22ClN3/c1-4-18(10(2)3)14-13(15)7-11(9-17-14)8-16-12-5-6-12/h7,9-10,12,16H,4-6,8H2,1-3H3. The average molecular weight is 268 g/mol. The minimum absolute atomic E-state index is 0.412. The molecule has 1 aliphatic carbocycles. The van der Waals surface area contributed by atoms with Gasteiger partial charge in [0, 0.05) is 31.4 Å². The van der Waals surface area contributed by atoms with E-state index >= 15 is 0 Å². The van der Waals surface area contributed by atoms with Crippen molar-refractivity contribution in [3.05, 3.63) is 22.8 Å². The predicted octanol–water partition coefficient (Wildman–Crippen LogP) is 3.22. The highest BCUT2D eigenvalue weighted by atomic mass is 35.5. The zero-order valence-corrected chi connectivity index (χ0v) is 12.2. The van der Waals surface area contributed by atoms with Crippen molar-refractivity contribution in [1.29, 1.82) is 0 Å². The number of anilines is 1. The van der Waals surface area contributed by atoms with Crippen LogP contribution in [-0.2, 0) is 6.54 Å². The molecule has 0 unspecified atom stereocenters. The Hall–Kier alpha value is -0.800. The lowest BCUT2D eigenvalue weighted by molar-refractivity contribution is 0.679. The van der Waals surface area contributed by atoms with Gasteiger partial charge in [0.15, 0.2) is 0 Å². The van der Waals surface area contributed by atoms with Crippen LogP contribution in [0.3, 0.4) is 0 Å². The number of halogens is 1. The average Bonchev–Trinajstić information content (AvgIpc) is 3.13. The molecule has 0 atom stereocenters. The van der Waals surface area contributed by atoms with Gasteiger partial charge in [-0.3, -0.25) is 0 Å². The molecule has 0 amide bonds. The first kappa shape index (κ1) is 13.6. The second-order valence-electron chi connectivity index (χ2n) is 5.18. The van der Waals surface area contributed by atoms with Gasteiger partial charge in [-0.2, -0.15) is 0 Å². The Bertz CT molecular complexity index is 402. The topological polar surface area (TPSA) is 28.2 Å². The van der Waals surface area contributed by atoms with E-state index in [4.69, 9.17) is 11.6 Å². The summed E-state index contributed by atoms with van der Waals surface area (Å²) in [7, 11) is 0. The minimum atomic E-state index is 0.412. The smallest absolute Gasteiger partial charge is 0.147 e. The molecule has 1 saturated carbocycles. The van der Waals surface area contributed by atoms with Crippen molar-refractivity contribution in [3.8, 4) is 0 Å². The third-order valence-electron chi connectivity index (χ3n) is 3.29. The first-order chi connectivity index (χ1) is 8.61. The summed E-state index contributed by atoms with van der Waals surface area (Å²) in [5, 5.41) is 4.22. The third kappa shape index (κ3) is 3.36. The van der Waals surface area contributed by atoms with Crippen LogP contribution in [0.4, 0.5) is 5.82 Å². The fourth-order valence-electron chi connectivity index (χ4n) is 2.09. The van der Waals surface area contributed by atoms with Crippen molar-refractivity contribution in [3.63, 3.8) is 0 Å². The number of aromatic nitrogens is 1. The van der Waals surface area contributed by atoms with E-state index in [9.17, 15) is 0 Å². The van der Waals surface area contributed by atoms with E-state index in [1.807, 2.05) is 12.3 Å². The molecule has 1 fully saturated rings. The summed E-state index contributed by atoms with van der Waals surface area (Å²) in [4.78, 5) is 6.73. The van der Waals surface area contributed by atoms with Gasteiger partial charge in [0.1, 0.15) is 5.82 Å². The second-order valence-corrected chi connectivity index (χ2v) is 5.59. The fourth-order valence-corrected chi connectivity index (χ4v) is 2.38. The number of hydrogen-bond acceptors (Lipinski definition) is 3. The molecule has 4 heteroatoms.